The van der Waals surface area contributed by atoms with Crippen LogP contribution in [0, 0.1) is 5.92 Å². The molecule has 0 heterocycles. The molecule has 0 spiro atoms. The number of sulfone groups is 1. The van der Waals surface area contributed by atoms with E-state index in [-0.39, 0.29) is 23.2 Å². The third-order valence-electron chi connectivity index (χ3n) is 2.74. The molecule has 0 radical (unpaired) electrons. The van der Waals surface area contributed by atoms with Crippen molar-refractivity contribution in [2.75, 3.05) is 12.4 Å². The van der Waals surface area contributed by atoms with Crippen molar-refractivity contribution in [3.8, 4) is 0 Å². The Morgan fingerprint density at radius 1 is 1.14 bits per heavy atom. The normalized spacial score (nSPS) is 11.4. The van der Waals surface area contributed by atoms with Gasteiger partial charge in [-0.2, -0.15) is 0 Å². The quantitative estimate of drug-likeness (QED) is 0.570. The molecule has 0 amide bonds. The number of carbonyl (C=O) groups is 2. The molecule has 0 aliphatic rings. The van der Waals surface area contributed by atoms with Crippen LogP contribution in [0.15, 0.2) is 29.2 Å². The number of benzene rings is 1. The van der Waals surface area contributed by atoms with Crippen LogP contribution in [0.5, 0.6) is 0 Å². The zero-order chi connectivity index (χ0) is 16.0. The molecule has 0 saturated carbocycles. The zero-order valence-electron chi connectivity index (χ0n) is 12.5. The van der Waals surface area contributed by atoms with Gasteiger partial charge in [0.1, 0.15) is 0 Å². The Bertz CT molecular complexity index is 599. The molecule has 1 aromatic rings. The Balaban J connectivity index is 2.86. The van der Waals surface area contributed by atoms with E-state index in [2.05, 4.69) is 4.74 Å². The molecule has 0 bridgehead atoms. The van der Waals surface area contributed by atoms with Crippen molar-refractivity contribution in [1.29, 1.82) is 0 Å². The summed E-state index contributed by atoms with van der Waals surface area (Å²) in [5, 5.41) is 0. The number of rotatable bonds is 7. The fraction of sp³-hybridized carbons (Fsp3) is 0.467. The van der Waals surface area contributed by atoms with Gasteiger partial charge in [-0.05, 0) is 25.0 Å². The van der Waals surface area contributed by atoms with Crippen molar-refractivity contribution < 1.29 is 22.7 Å². The molecule has 116 valence electrons. The average molecular weight is 312 g/mol. The highest BCUT2D eigenvalue weighted by atomic mass is 32.2. The number of Topliss-reactive ketones (excluding diaryl/α,β-unsaturated/α-hetero) is 1. The first-order chi connectivity index (χ1) is 9.76. The Morgan fingerprint density at radius 2 is 1.71 bits per heavy atom. The van der Waals surface area contributed by atoms with E-state index in [1.54, 1.807) is 6.92 Å². The molecule has 0 atom stereocenters. The van der Waals surface area contributed by atoms with E-state index in [0.717, 1.165) is 0 Å². The lowest BCUT2D eigenvalue weighted by Crippen LogP contribution is -2.18. The van der Waals surface area contributed by atoms with E-state index in [9.17, 15) is 18.0 Å². The monoisotopic (exact) mass is 312 g/mol. The topological polar surface area (TPSA) is 77.5 Å². The van der Waals surface area contributed by atoms with Crippen molar-refractivity contribution in [1.82, 2.24) is 0 Å². The molecule has 0 unspecified atom stereocenters. The molecule has 0 saturated heterocycles. The van der Waals surface area contributed by atoms with Crippen LogP contribution in [0.1, 0.15) is 37.6 Å². The maximum Gasteiger partial charge on any atom is 0.321 e. The predicted octanol–water partition coefficient (Wildman–Crippen LogP) is 2.25. The highest BCUT2D eigenvalue weighted by molar-refractivity contribution is 7.92. The van der Waals surface area contributed by atoms with E-state index in [1.165, 1.54) is 24.3 Å². The van der Waals surface area contributed by atoms with Gasteiger partial charge >= 0.3 is 5.97 Å². The van der Waals surface area contributed by atoms with Crippen LogP contribution in [-0.2, 0) is 19.4 Å². The fourth-order valence-corrected chi connectivity index (χ4v) is 2.89. The molecule has 1 aromatic carbocycles. The first-order valence-corrected chi connectivity index (χ1v) is 8.43. The Labute approximate surface area is 125 Å². The Hall–Kier alpha value is -1.69. The Morgan fingerprint density at radius 3 is 2.19 bits per heavy atom. The van der Waals surface area contributed by atoms with Crippen molar-refractivity contribution >= 4 is 21.6 Å². The van der Waals surface area contributed by atoms with Crippen LogP contribution < -0.4 is 0 Å². The number of ketones is 1. The minimum atomic E-state index is -3.73. The minimum absolute atomic E-state index is 0.0108. The van der Waals surface area contributed by atoms with Gasteiger partial charge in [0.15, 0.2) is 21.4 Å². The number of esters is 1. The van der Waals surface area contributed by atoms with Gasteiger partial charge in [0.25, 0.3) is 0 Å². The molecule has 0 aliphatic heterocycles. The lowest BCUT2D eigenvalue weighted by atomic mass is 10.0. The van der Waals surface area contributed by atoms with Crippen LogP contribution in [0.25, 0.3) is 0 Å². The van der Waals surface area contributed by atoms with Crippen molar-refractivity contribution in [3.63, 3.8) is 0 Å². The fourth-order valence-electron chi connectivity index (χ4n) is 1.78. The van der Waals surface area contributed by atoms with Crippen LogP contribution in [0.4, 0.5) is 0 Å². The summed E-state index contributed by atoms with van der Waals surface area (Å²) in [7, 11) is -3.73. The van der Waals surface area contributed by atoms with Crippen LogP contribution in [-0.4, -0.2) is 32.5 Å². The molecular weight excluding hydrogens is 292 g/mol. The summed E-state index contributed by atoms with van der Waals surface area (Å²) < 4.78 is 28.6. The van der Waals surface area contributed by atoms with Gasteiger partial charge in [-0.25, -0.2) is 8.42 Å². The van der Waals surface area contributed by atoms with Crippen molar-refractivity contribution in [3.05, 3.63) is 29.8 Å². The third kappa shape index (κ3) is 5.30. The standard InChI is InChI=1S/C15H20O5S/c1-4-20-15(17)10-21(18,19)13-7-5-12(6-8-13)14(16)9-11(2)3/h5-8,11H,4,9-10H2,1-3H3. The van der Waals surface area contributed by atoms with Gasteiger partial charge in [0.05, 0.1) is 11.5 Å². The summed E-state index contributed by atoms with van der Waals surface area (Å²) in [5.74, 6) is -1.26. The van der Waals surface area contributed by atoms with Gasteiger partial charge in [-0.15, -0.1) is 0 Å². The first kappa shape index (κ1) is 17.4. The molecule has 21 heavy (non-hydrogen) atoms. The highest BCUT2D eigenvalue weighted by Gasteiger charge is 2.20. The van der Waals surface area contributed by atoms with Gasteiger partial charge < -0.3 is 4.74 Å². The summed E-state index contributed by atoms with van der Waals surface area (Å²) in [4.78, 5) is 23.1. The summed E-state index contributed by atoms with van der Waals surface area (Å²) in [6.07, 6.45) is 0.412. The van der Waals surface area contributed by atoms with E-state index in [4.69, 9.17) is 0 Å². The summed E-state index contributed by atoms with van der Waals surface area (Å²) >= 11 is 0. The second-order valence-electron chi connectivity index (χ2n) is 5.11. The third-order valence-corrected chi connectivity index (χ3v) is 4.35. The van der Waals surface area contributed by atoms with Crippen molar-refractivity contribution in [2.45, 2.75) is 32.1 Å². The summed E-state index contributed by atoms with van der Waals surface area (Å²) in [6, 6.07) is 5.65. The van der Waals surface area contributed by atoms with Crippen LogP contribution in [0.2, 0.25) is 0 Å². The maximum absolute atomic E-state index is 12.0. The highest BCUT2D eigenvalue weighted by Crippen LogP contribution is 2.15. The number of carbonyl (C=O) groups excluding carboxylic acids is 2. The average Bonchev–Trinajstić information content (AvgIpc) is 2.37. The predicted molar refractivity (Wildman–Crippen MR) is 78.9 cm³/mol. The second kappa shape index (κ2) is 7.36. The molecule has 0 fully saturated rings. The number of hydrogen-bond acceptors (Lipinski definition) is 5. The molecule has 1 rings (SSSR count). The van der Waals surface area contributed by atoms with Gasteiger partial charge in [0.2, 0.25) is 0 Å². The van der Waals surface area contributed by atoms with E-state index in [0.29, 0.717) is 12.0 Å². The van der Waals surface area contributed by atoms with Crippen LogP contribution >= 0.6 is 0 Å². The SMILES string of the molecule is CCOC(=O)CS(=O)(=O)c1ccc(C(=O)CC(C)C)cc1. The van der Waals surface area contributed by atoms with Crippen LogP contribution in [0.3, 0.4) is 0 Å². The largest absolute Gasteiger partial charge is 0.465 e. The molecule has 0 aliphatic carbocycles. The maximum atomic E-state index is 12.0. The van der Waals surface area contributed by atoms with Gasteiger partial charge in [0, 0.05) is 12.0 Å². The number of hydrogen-bond donors (Lipinski definition) is 0. The molecule has 5 nitrogen and oxygen atoms in total. The summed E-state index contributed by atoms with van der Waals surface area (Å²) in [5.41, 5.74) is 0.471. The molecule has 6 heteroatoms. The molecule has 0 N–H and O–H groups in total. The minimum Gasteiger partial charge on any atom is -0.465 e. The van der Waals surface area contributed by atoms with Crippen molar-refractivity contribution in [2.24, 2.45) is 5.92 Å². The van der Waals surface area contributed by atoms with Gasteiger partial charge in [-0.1, -0.05) is 26.0 Å². The number of ether oxygens (including phenoxy) is 1. The van der Waals surface area contributed by atoms with E-state index >= 15 is 0 Å². The second-order valence-corrected chi connectivity index (χ2v) is 7.10. The zero-order valence-corrected chi connectivity index (χ0v) is 13.3. The molecular formula is C15H20O5S. The summed E-state index contributed by atoms with van der Waals surface area (Å²) in [6.45, 7) is 5.63. The van der Waals surface area contributed by atoms with Gasteiger partial charge in [-0.3, -0.25) is 9.59 Å². The Kier molecular flexibility index (Phi) is 6.08. The first-order valence-electron chi connectivity index (χ1n) is 6.78. The lowest BCUT2D eigenvalue weighted by molar-refractivity contribution is -0.139. The lowest BCUT2D eigenvalue weighted by Gasteiger charge is -2.07. The molecule has 0 aromatic heterocycles. The van der Waals surface area contributed by atoms with E-state index in [1.807, 2.05) is 13.8 Å². The van der Waals surface area contributed by atoms with E-state index < -0.39 is 21.6 Å². The smallest absolute Gasteiger partial charge is 0.321 e.